The van der Waals surface area contributed by atoms with Gasteiger partial charge in [-0.05, 0) is 30.3 Å². The Hall–Kier alpha value is -2.26. The first-order chi connectivity index (χ1) is 11.5. The van der Waals surface area contributed by atoms with Gasteiger partial charge in [-0.1, -0.05) is 23.7 Å². The van der Waals surface area contributed by atoms with Gasteiger partial charge in [-0.2, -0.15) is 13.2 Å². The molecule has 25 heavy (non-hydrogen) atoms. The van der Waals surface area contributed by atoms with Crippen LogP contribution in [-0.4, -0.2) is 14.3 Å². The summed E-state index contributed by atoms with van der Waals surface area (Å²) in [5.74, 6) is -0.440. The molecule has 0 saturated heterocycles. The van der Waals surface area contributed by atoms with Crippen LogP contribution in [0.3, 0.4) is 0 Å². The molecule has 0 bridgehead atoms. The van der Waals surface area contributed by atoms with Crippen molar-refractivity contribution in [3.05, 3.63) is 53.1 Å². The van der Waals surface area contributed by atoms with Gasteiger partial charge in [-0.15, -0.1) is 0 Å². The second kappa shape index (κ2) is 6.93. The van der Waals surface area contributed by atoms with E-state index in [1.807, 2.05) is 0 Å². The molecule has 134 valence electrons. The van der Waals surface area contributed by atoms with Crippen LogP contribution in [0.25, 0.3) is 0 Å². The highest BCUT2D eigenvalue weighted by atomic mass is 35.5. The lowest BCUT2D eigenvalue weighted by Crippen LogP contribution is -2.19. The van der Waals surface area contributed by atoms with Crippen LogP contribution >= 0.6 is 11.6 Å². The van der Waals surface area contributed by atoms with Gasteiger partial charge in [0.15, 0.2) is 0 Å². The summed E-state index contributed by atoms with van der Waals surface area (Å²) in [6.07, 6.45) is -4.83. The number of benzene rings is 2. The van der Waals surface area contributed by atoms with E-state index in [1.165, 1.54) is 31.2 Å². The molecule has 0 spiro atoms. The van der Waals surface area contributed by atoms with E-state index in [-0.39, 0.29) is 16.4 Å². The van der Waals surface area contributed by atoms with Gasteiger partial charge < -0.3 is 5.32 Å². The number of rotatable bonds is 4. The van der Waals surface area contributed by atoms with Crippen molar-refractivity contribution in [3.8, 4) is 0 Å². The molecular weight excluding hydrogens is 381 g/mol. The molecular formula is C15H12ClF3N2O3S. The second-order valence-electron chi connectivity index (χ2n) is 4.98. The summed E-state index contributed by atoms with van der Waals surface area (Å²) in [5.41, 5.74) is -1.21. The number of amides is 1. The van der Waals surface area contributed by atoms with Gasteiger partial charge in [0.25, 0.3) is 10.0 Å². The molecule has 0 saturated carbocycles. The summed E-state index contributed by atoms with van der Waals surface area (Å²) in [6, 6.07) is 7.60. The van der Waals surface area contributed by atoms with Crippen LogP contribution in [0.1, 0.15) is 12.5 Å². The molecule has 0 aromatic heterocycles. The van der Waals surface area contributed by atoms with Crippen LogP contribution in [0.2, 0.25) is 5.02 Å². The van der Waals surface area contributed by atoms with Gasteiger partial charge in [0.2, 0.25) is 5.91 Å². The molecule has 2 N–H and O–H groups in total. The summed E-state index contributed by atoms with van der Waals surface area (Å²) in [4.78, 5) is 10.2. The number of anilines is 2. The minimum absolute atomic E-state index is 0.0508. The second-order valence-corrected chi connectivity index (χ2v) is 7.03. The average Bonchev–Trinajstić information content (AvgIpc) is 2.49. The fraction of sp³-hybridized carbons (Fsp3) is 0.133. The summed E-state index contributed by atoms with van der Waals surface area (Å²) < 4.78 is 65.8. The molecule has 0 aliphatic carbocycles. The van der Waals surface area contributed by atoms with Gasteiger partial charge in [-0.3, -0.25) is 9.52 Å². The smallest absolute Gasteiger partial charge is 0.325 e. The zero-order chi connectivity index (χ0) is 18.8. The predicted octanol–water partition coefficient (Wildman–Crippen LogP) is 4.12. The summed E-state index contributed by atoms with van der Waals surface area (Å²) in [7, 11) is -4.51. The third kappa shape index (κ3) is 4.64. The number of carbonyl (C=O) groups is 1. The van der Waals surface area contributed by atoms with E-state index in [0.29, 0.717) is 6.07 Å². The van der Waals surface area contributed by atoms with Crippen molar-refractivity contribution >= 4 is 38.9 Å². The topological polar surface area (TPSA) is 75.3 Å². The van der Waals surface area contributed by atoms with Gasteiger partial charge >= 0.3 is 6.18 Å². The maximum Gasteiger partial charge on any atom is 0.417 e. The third-order valence-electron chi connectivity index (χ3n) is 3.01. The standard InChI is InChI=1S/C15H12ClF3N2O3S/c1-9(22)20-13-8-10(6-7-12(13)16)21-25(23,24)14-5-3-2-4-11(14)15(17,18)19/h2-8,21H,1H3,(H,20,22). The molecule has 2 aromatic carbocycles. The molecule has 2 aromatic rings. The first kappa shape index (κ1) is 19.1. The normalized spacial score (nSPS) is 11.9. The van der Waals surface area contributed by atoms with Crippen LogP contribution in [-0.2, 0) is 21.0 Å². The molecule has 0 unspecified atom stereocenters. The molecule has 10 heteroatoms. The number of sulfonamides is 1. The van der Waals surface area contributed by atoms with Gasteiger partial charge in [0, 0.05) is 6.92 Å². The Morgan fingerprint density at radius 3 is 2.36 bits per heavy atom. The van der Waals surface area contributed by atoms with E-state index in [4.69, 9.17) is 11.6 Å². The molecule has 0 aliphatic rings. The molecule has 0 aliphatic heterocycles. The van der Waals surface area contributed by atoms with Crippen molar-refractivity contribution in [2.45, 2.75) is 18.0 Å². The van der Waals surface area contributed by atoms with Crippen LogP contribution in [0.5, 0.6) is 0 Å². The first-order valence-corrected chi connectivity index (χ1v) is 8.63. The number of hydrogen-bond acceptors (Lipinski definition) is 3. The molecule has 5 nitrogen and oxygen atoms in total. The molecule has 0 radical (unpaired) electrons. The maximum atomic E-state index is 13.0. The molecule has 0 heterocycles. The number of hydrogen-bond donors (Lipinski definition) is 2. The Bertz CT molecular complexity index is 914. The highest BCUT2D eigenvalue weighted by Crippen LogP contribution is 2.35. The van der Waals surface area contributed by atoms with Crippen molar-refractivity contribution in [2.24, 2.45) is 0 Å². The van der Waals surface area contributed by atoms with Crippen molar-refractivity contribution in [2.75, 3.05) is 10.0 Å². The van der Waals surface area contributed by atoms with Crippen LogP contribution < -0.4 is 10.0 Å². The Morgan fingerprint density at radius 2 is 1.76 bits per heavy atom. The van der Waals surface area contributed by atoms with E-state index < -0.39 is 32.6 Å². The predicted molar refractivity (Wildman–Crippen MR) is 88.0 cm³/mol. The molecule has 2 rings (SSSR count). The van der Waals surface area contributed by atoms with Crippen molar-refractivity contribution in [1.29, 1.82) is 0 Å². The number of halogens is 4. The molecule has 0 fully saturated rings. The first-order valence-electron chi connectivity index (χ1n) is 6.77. The SMILES string of the molecule is CC(=O)Nc1cc(NS(=O)(=O)c2ccccc2C(F)(F)F)ccc1Cl. The van der Waals surface area contributed by atoms with E-state index in [0.717, 1.165) is 12.1 Å². The Kier molecular flexibility index (Phi) is 5.28. The minimum Gasteiger partial charge on any atom is -0.325 e. The van der Waals surface area contributed by atoms with E-state index in [1.54, 1.807) is 0 Å². The average molecular weight is 393 g/mol. The van der Waals surface area contributed by atoms with Crippen LogP contribution in [0, 0.1) is 0 Å². The van der Waals surface area contributed by atoms with E-state index in [2.05, 4.69) is 10.0 Å². The molecule has 1 amide bonds. The number of nitrogens with one attached hydrogen (secondary N) is 2. The largest absolute Gasteiger partial charge is 0.417 e. The minimum atomic E-state index is -4.83. The highest BCUT2D eigenvalue weighted by molar-refractivity contribution is 7.92. The van der Waals surface area contributed by atoms with Crippen molar-refractivity contribution < 1.29 is 26.4 Å². The third-order valence-corrected chi connectivity index (χ3v) is 4.78. The van der Waals surface area contributed by atoms with E-state index >= 15 is 0 Å². The fourth-order valence-electron chi connectivity index (χ4n) is 2.02. The highest BCUT2D eigenvalue weighted by Gasteiger charge is 2.36. The Balaban J connectivity index is 2.42. The maximum absolute atomic E-state index is 13.0. The zero-order valence-corrected chi connectivity index (χ0v) is 14.3. The zero-order valence-electron chi connectivity index (χ0n) is 12.7. The van der Waals surface area contributed by atoms with Gasteiger partial charge in [0.05, 0.1) is 26.9 Å². The lowest BCUT2D eigenvalue weighted by Gasteiger charge is -2.15. The number of carbonyl (C=O) groups excluding carboxylic acids is 1. The lowest BCUT2D eigenvalue weighted by molar-refractivity contribution is -0.139. The van der Waals surface area contributed by atoms with E-state index in [9.17, 15) is 26.4 Å². The monoisotopic (exact) mass is 392 g/mol. The Labute approximate surface area is 146 Å². The van der Waals surface area contributed by atoms with Gasteiger partial charge in [-0.25, -0.2) is 8.42 Å². The quantitative estimate of drug-likeness (QED) is 0.821. The fourth-order valence-corrected chi connectivity index (χ4v) is 3.46. The Morgan fingerprint density at radius 1 is 1.12 bits per heavy atom. The summed E-state index contributed by atoms with van der Waals surface area (Å²) >= 11 is 5.87. The summed E-state index contributed by atoms with van der Waals surface area (Å²) in [5, 5.41) is 2.54. The van der Waals surface area contributed by atoms with Crippen molar-refractivity contribution in [1.82, 2.24) is 0 Å². The summed E-state index contributed by atoms with van der Waals surface area (Å²) in [6.45, 7) is 1.23. The molecule has 0 atom stereocenters. The lowest BCUT2D eigenvalue weighted by atomic mass is 10.2. The van der Waals surface area contributed by atoms with Crippen LogP contribution in [0.15, 0.2) is 47.4 Å². The van der Waals surface area contributed by atoms with Gasteiger partial charge in [0.1, 0.15) is 0 Å². The van der Waals surface area contributed by atoms with Crippen LogP contribution in [0.4, 0.5) is 24.5 Å². The number of alkyl halides is 3. The van der Waals surface area contributed by atoms with Crippen molar-refractivity contribution in [3.63, 3.8) is 0 Å².